The van der Waals surface area contributed by atoms with Crippen molar-refractivity contribution in [3.05, 3.63) is 59.3 Å². The molecule has 0 radical (unpaired) electrons. The highest BCUT2D eigenvalue weighted by molar-refractivity contribution is 7.86. The summed E-state index contributed by atoms with van der Waals surface area (Å²) >= 11 is 0. The Morgan fingerprint density at radius 3 is 2.72 bits per heavy atom. The molecule has 1 amide bonds. The quantitative estimate of drug-likeness (QED) is 0.655. The van der Waals surface area contributed by atoms with Crippen LogP contribution in [0.15, 0.2) is 42.5 Å². The molecule has 1 aliphatic rings. The van der Waals surface area contributed by atoms with Crippen molar-refractivity contribution in [3.8, 4) is 0 Å². The number of aromatic amines is 1. The van der Waals surface area contributed by atoms with Gasteiger partial charge in [0.2, 0.25) is 0 Å². The highest BCUT2D eigenvalue weighted by Crippen LogP contribution is 2.29. The van der Waals surface area contributed by atoms with Gasteiger partial charge in [0.05, 0.1) is 12.2 Å². The van der Waals surface area contributed by atoms with Crippen LogP contribution in [-0.2, 0) is 23.3 Å². The number of hydrogen-bond donors (Lipinski definition) is 3. The van der Waals surface area contributed by atoms with Crippen LogP contribution in [0.25, 0.3) is 10.8 Å². The van der Waals surface area contributed by atoms with Crippen LogP contribution >= 0.6 is 0 Å². The number of nitrogens with two attached hydrogens (primary N) is 1. The summed E-state index contributed by atoms with van der Waals surface area (Å²) in [5, 5.41) is 16.6. The van der Waals surface area contributed by atoms with Crippen LogP contribution in [0.2, 0.25) is 0 Å². The van der Waals surface area contributed by atoms with Crippen molar-refractivity contribution in [2.45, 2.75) is 13.1 Å². The van der Waals surface area contributed by atoms with Crippen LogP contribution in [0, 0.1) is 0 Å². The zero-order valence-electron chi connectivity index (χ0n) is 13.1. The molecule has 1 aliphatic heterocycles. The topological polar surface area (TPSA) is 121 Å². The van der Waals surface area contributed by atoms with Crippen LogP contribution < -0.4 is 10.5 Å². The average Bonchev–Trinajstić information content (AvgIpc) is 3.16. The van der Waals surface area contributed by atoms with Gasteiger partial charge in [0.1, 0.15) is 5.82 Å². The van der Waals surface area contributed by atoms with E-state index >= 15 is 0 Å². The third kappa shape index (κ3) is 2.78. The number of rotatable bonds is 3. The summed E-state index contributed by atoms with van der Waals surface area (Å²) in [7, 11) is -3.80. The molecule has 4 rings (SSSR count). The standard InChI is InChI=1S/C16H15N5O3S/c17-25(23,24)21-8-13-14(9-21)19-20-15(13)18-16(22)12-7-3-5-10-4-1-2-6-11(10)12/h1-7H,8-9H2,(H2,17,23,24)(H2,18,19,20,22). The normalized spacial score (nSPS) is 14.6. The van der Waals surface area contributed by atoms with Gasteiger partial charge >= 0.3 is 0 Å². The fourth-order valence-electron chi connectivity index (χ4n) is 2.99. The van der Waals surface area contributed by atoms with E-state index in [1.54, 1.807) is 6.07 Å². The lowest BCUT2D eigenvalue weighted by atomic mass is 10.0. The lowest BCUT2D eigenvalue weighted by Gasteiger charge is -2.11. The van der Waals surface area contributed by atoms with Crippen molar-refractivity contribution in [1.29, 1.82) is 0 Å². The second-order valence-electron chi connectivity index (χ2n) is 5.82. The second kappa shape index (κ2) is 5.66. The number of hydrogen-bond acceptors (Lipinski definition) is 4. The van der Waals surface area contributed by atoms with Crippen LogP contribution in [0.5, 0.6) is 0 Å². The summed E-state index contributed by atoms with van der Waals surface area (Å²) in [5.74, 6) is 0.0939. The third-order valence-electron chi connectivity index (χ3n) is 4.25. The SMILES string of the molecule is NS(=O)(=O)N1Cc2n[nH]c(NC(=O)c3cccc4ccccc34)c2C1. The minimum Gasteiger partial charge on any atom is -0.307 e. The van der Waals surface area contributed by atoms with Crippen LogP contribution in [0.3, 0.4) is 0 Å². The van der Waals surface area contributed by atoms with E-state index in [1.165, 1.54) is 0 Å². The molecule has 0 unspecified atom stereocenters. The van der Waals surface area contributed by atoms with Gasteiger partial charge in [0.15, 0.2) is 0 Å². The fraction of sp³-hybridized carbons (Fsp3) is 0.125. The number of amides is 1. The molecule has 0 fully saturated rings. The Hall–Kier alpha value is -2.75. The monoisotopic (exact) mass is 357 g/mol. The average molecular weight is 357 g/mol. The van der Waals surface area contributed by atoms with Crippen LogP contribution in [0.4, 0.5) is 5.82 Å². The van der Waals surface area contributed by atoms with E-state index < -0.39 is 10.2 Å². The number of carbonyl (C=O) groups excluding carboxylic acids is 1. The van der Waals surface area contributed by atoms with Crippen LogP contribution in [0.1, 0.15) is 21.6 Å². The molecule has 4 N–H and O–H groups in total. The Balaban J connectivity index is 1.63. The van der Waals surface area contributed by atoms with E-state index in [-0.39, 0.29) is 19.0 Å². The van der Waals surface area contributed by atoms with E-state index in [2.05, 4.69) is 15.5 Å². The number of aromatic nitrogens is 2. The number of nitrogens with zero attached hydrogens (tertiary/aromatic N) is 2. The number of fused-ring (bicyclic) bond motifs is 2. The van der Waals surface area contributed by atoms with Gasteiger partial charge < -0.3 is 5.32 Å². The summed E-state index contributed by atoms with van der Waals surface area (Å²) in [4.78, 5) is 12.7. The van der Waals surface area contributed by atoms with E-state index in [0.29, 0.717) is 22.6 Å². The van der Waals surface area contributed by atoms with Gasteiger partial charge in [0.25, 0.3) is 16.1 Å². The number of benzene rings is 2. The lowest BCUT2D eigenvalue weighted by Crippen LogP contribution is -2.32. The Morgan fingerprint density at radius 1 is 1.16 bits per heavy atom. The van der Waals surface area contributed by atoms with Crippen molar-refractivity contribution >= 4 is 32.7 Å². The number of nitrogens with one attached hydrogen (secondary N) is 2. The van der Waals surface area contributed by atoms with E-state index in [9.17, 15) is 13.2 Å². The largest absolute Gasteiger partial charge is 0.307 e. The summed E-state index contributed by atoms with van der Waals surface area (Å²) in [5.41, 5.74) is 1.72. The fourth-order valence-corrected chi connectivity index (χ4v) is 3.60. The molecule has 0 bridgehead atoms. The molecule has 3 aromatic rings. The molecule has 2 aromatic carbocycles. The smallest absolute Gasteiger partial charge is 0.277 e. The first kappa shape index (κ1) is 15.8. The van der Waals surface area contributed by atoms with E-state index in [4.69, 9.17) is 5.14 Å². The molecule has 9 heteroatoms. The van der Waals surface area contributed by atoms with Crippen molar-refractivity contribution in [1.82, 2.24) is 14.5 Å². The summed E-state index contributed by atoms with van der Waals surface area (Å²) in [6.45, 7) is 0.171. The second-order valence-corrected chi connectivity index (χ2v) is 7.36. The molecular weight excluding hydrogens is 342 g/mol. The minimum absolute atomic E-state index is 0.0792. The number of H-pyrrole nitrogens is 1. The number of anilines is 1. The predicted octanol–water partition coefficient (Wildman–Crippen LogP) is 1.33. The Bertz CT molecular complexity index is 1080. The van der Waals surface area contributed by atoms with Gasteiger partial charge in [-0.1, -0.05) is 36.4 Å². The zero-order chi connectivity index (χ0) is 17.6. The molecule has 0 saturated carbocycles. The Labute approximate surface area is 143 Å². The Morgan fingerprint density at radius 2 is 1.92 bits per heavy atom. The molecule has 0 saturated heterocycles. The molecule has 0 spiro atoms. The van der Waals surface area contributed by atoms with E-state index in [0.717, 1.165) is 15.1 Å². The van der Waals surface area contributed by atoms with Gasteiger partial charge in [-0.3, -0.25) is 9.89 Å². The third-order valence-corrected chi connectivity index (χ3v) is 5.22. The van der Waals surface area contributed by atoms with Crippen LogP contribution in [-0.4, -0.2) is 28.8 Å². The summed E-state index contributed by atoms with van der Waals surface area (Å²) in [6.07, 6.45) is 0. The van der Waals surface area contributed by atoms with Gasteiger partial charge in [-0.2, -0.15) is 17.8 Å². The summed E-state index contributed by atoms with van der Waals surface area (Å²) in [6, 6.07) is 13.1. The molecule has 0 aliphatic carbocycles. The summed E-state index contributed by atoms with van der Waals surface area (Å²) < 4.78 is 24.1. The molecule has 2 heterocycles. The predicted molar refractivity (Wildman–Crippen MR) is 92.8 cm³/mol. The van der Waals surface area contributed by atoms with Crippen molar-refractivity contribution in [3.63, 3.8) is 0 Å². The molecule has 8 nitrogen and oxygen atoms in total. The van der Waals surface area contributed by atoms with Gasteiger partial charge in [-0.15, -0.1) is 0 Å². The molecule has 128 valence electrons. The molecule has 1 aromatic heterocycles. The minimum atomic E-state index is -3.80. The first-order valence-electron chi connectivity index (χ1n) is 7.56. The molecular formula is C16H15N5O3S. The highest BCUT2D eigenvalue weighted by Gasteiger charge is 2.31. The maximum atomic E-state index is 12.7. The molecule has 0 atom stereocenters. The van der Waals surface area contributed by atoms with Gasteiger partial charge in [-0.25, -0.2) is 5.14 Å². The van der Waals surface area contributed by atoms with Gasteiger partial charge in [0, 0.05) is 17.7 Å². The first-order chi connectivity index (χ1) is 11.9. The maximum absolute atomic E-state index is 12.7. The lowest BCUT2D eigenvalue weighted by molar-refractivity contribution is 0.102. The Kier molecular flexibility index (Phi) is 3.57. The highest BCUT2D eigenvalue weighted by atomic mass is 32.2. The van der Waals surface area contributed by atoms with Gasteiger partial charge in [-0.05, 0) is 16.8 Å². The van der Waals surface area contributed by atoms with Crippen molar-refractivity contribution < 1.29 is 13.2 Å². The maximum Gasteiger partial charge on any atom is 0.277 e. The first-order valence-corrected chi connectivity index (χ1v) is 9.07. The molecule has 25 heavy (non-hydrogen) atoms. The van der Waals surface area contributed by atoms with Crippen molar-refractivity contribution in [2.24, 2.45) is 5.14 Å². The number of carbonyl (C=O) groups is 1. The van der Waals surface area contributed by atoms with Crippen molar-refractivity contribution in [2.75, 3.05) is 5.32 Å². The van der Waals surface area contributed by atoms with E-state index in [1.807, 2.05) is 36.4 Å². The zero-order valence-corrected chi connectivity index (χ0v) is 13.9.